The molecule has 1 fully saturated rings. The smallest absolute Gasteiger partial charge is 0.251 e. The third kappa shape index (κ3) is 6.89. The van der Waals surface area contributed by atoms with Crippen LogP contribution in [0.2, 0.25) is 0 Å². The molecule has 0 saturated heterocycles. The summed E-state index contributed by atoms with van der Waals surface area (Å²) in [6.07, 6.45) is 4.60. The fourth-order valence-corrected chi connectivity index (χ4v) is 3.94. The normalized spacial score (nSPS) is 15.5. The van der Waals surface area contributed by atoms with Crippen LogP contribution in [-0.4, -0.2) is 43.4 Å². The molecule has 1 aliphatic rings. The van der Waals surface area contributed by atoms with E-state index in [-0.39, 0.29) is 23.4 Å². The Labute approximate surface area is 183 Å². The van der Waals surface area contributed by atoms with Crippen LogP contribution in [0, 0.1) is 11.7 Å². The zero-order valence-corrected chi connectivity index (χ0v) is 18.3. The molecule has 0 aromatic heterocycles. The van der Waals surface area contributed by atoms with E-state index in [1.54, 1.807) is 6.07 Å². The Morgan fingerprint density at radius 3 is 2.45 bits per heavy atom. The first kappa shape index (κ1) is 22.9. The largest absolute Gasteiger partial charge is 0.366 e. The van der Waals surface area contributed by atoms with Crippen molar-refractivity contribution in [3.8, 4) is 0 Å². The third-order valence-electron chi connectivity index (χ3n) is 6.05. The zero-order valence-electron chi connectivity index (χ0n) is 18.3. The Balaban J connectivity index is 1.58. The molecule has 5 nitrogen and oxygen atoms in total. The van der Waals surface area contributed by atoms with E-state index in [1.165, 1.54) is 30.5 Å². The Bertz CT molecular complexity index is 897. The van der Waals surface area contributed by atoms with Crippen LogP contribution in [0.3, 0.4) is 0 Å². The van der Waals surface area contributed by atoms with Crippen molar-refractivity contribution in [3.05, 3.63) is 71.0 Å². The van der Waals surface area contributed by atoms with E-state index < -0.39 is 11.7 Å². The van der Waals surface area contributed by atoms with Gasteiger partial charge < -0.3 is 16.0 Å². The molecule has 166 valence electrons. The monoisotopic (exact) mass is 425 g/mol. The summed E-state index contributed by atoms with van der Waals surface area (Å²) in [6.45, 7) is 0.468. The molecule has 31 heavy (non-hydrogen) atoms. The van der Waals surface area contributed by atoms with Gasteiger partial charge in [-0.2, -0.15) is 0 Å². The number of likely N-dealkylation sites (N-methyl/N-ethyl adjacent to an activating group) is 1. The first-order chi connectivity index (χ1) is 14.8. The average Bonchev–Trinajstić information content (AvgIpc) is 3.55. The maximum absolute atomic E-state index is 14.1. The molecular formula is C25H32FN3O2. The molecule has 2 atom stereocenters. The number of halogens is 1. The molecule has 2 aromatic carbocycles. The maximum Gasteiger partial charge on any atom is 0.251 e. The molecule has 3 rings (SSSR count). The van der Waals surface area contributed by atoms with E-state index in [0.29, 0.717) is 19.4 Å². The summed E-state index contributed by atoms with van der Waals surface area (Å²) >= 11 is 0. The van der Waals surface area contributed by atoms with Crippen molar-refractivity contribution in [1.29, 1.82) is 0 Å². The molecular weight excluding hydrogens is 393 g/mol. The van der Waals surface area contributed by atoms with Gasteiger partial charge in [-0.05, 0) is 62.0 Å². The second-order valence-corrected chi connectivity index (χ2v) is 8.79. The number of carbonyl (C=O) groups excluding carboxylic acids is 2. The number of nitrogens with two attached hydrogens (primary N) is 1. The Morgan fingerprint density at radius 2 is 1.87 bits per heavy atom. The topological polar surface area (TPSA) is 75.4 Å². The third-order valence-corrected chi connectivity index (χ3v) is 6.05. The molecule has 0 unspecified atom stereocenters. The van der Waals surface area contributed by atoms with Crippen LogP contribution in [0.5, 0.6) is 0 Å². The molecule has 1 aliphatic carbocycles. The fraction of sp³-hybridized carbons (Fsp3) is 0.440. The average molecular weight is 426 g/mol. The minimum atomic E-state index is -0.778. The second kappa shape index (κ2) is 10.5. The highest BCUT2D eigenvalue weighted by atomic mass is 19.1. The number of primary amides is 1. The quantitative estimate of drug-likeness (QED) is 0.579. The lowest BCUT2D eigenvalue weighted by atomic mass is 9.90. The molecule has 6 heteroatoms. The Morgan fingerprint density at radius 1 is 1.16 bits per heavy atom. The summed E-state index contributed by atoms with van der Waals surface area (Å²) in [7, 11) is 3.87. The predicted molar refractivity (Wildman–Crippen MR) is 120 cm³/mol. The molecule has 2 aromatic rings. The minimum absolute atomic E-state index is 0.00128. The van der Waals surface area contributed by atoms with Gasteiger partial charge in [-0.3, -0.25) is 9.59 Å². The van der Waals surface area contributed by atoms with Gasteiger partial charge in [0.2, 0.25) is 5.91 Å². The first-order valence-corrected chi connectivity index (χ1v) is 10.9. The van der Waals surface area contributed by atoms with Crippen molar-refractivity contribution in [2.24, 2.45) is 11.7 Å². The van der Waals surface area contributed by atoms with Crippen LogP contribution in [0.4, 0.5) is 4.39 Å². The lowest BCUT2D eigenvalue weighted by Gasteiger charge is -2.25. The number of amides is 2. The van der Waals surface area contributed by atoms with Crippen LogP contribution in [0.1, 0.15) is 53.1 Å². The van der Waals surface area contributed by atoms with Crippen LogP contribution >= 0.6 is 0 Å². The maximum atomic E-state index is 14.1. The van der Waals surface area contributed by atoms with Gasteiger partial charge in [-0.25, -0.2) is 4.39 Å². The zero-order chi connectivity index (χ0) is 22.4. The van der Waals surface area contributed by atoms with E-state index in [0.717, 1.165) is 17.9 Å². The summed E-state index contributed by atoms with van der Waals surface area (Å²) in [5.41, 5.74) is 7.04. The summed E-state index contributed by atoms with van der Waals surface area (Å²) in [6, 6.07) is 14.7. The van der Waals surface area contributed by atoms with Gasteiger partial charge in [-0.1, -0.05) is 49.2 Å². The molecule has 0 bridgehead atoms. The van der Waals surface area contributed by atoms with Gasteiger partial charge in [0.05, 0.1) is 5.56 Å². The summed E-state index contributed by atoms with van der Waals surface area (Å²) < 4.78 is 14.1. The number of benzene rings is 2. The standard InChI is InChI=1S/C25H32FN3O2/c1-29(2)21(13-18-10-11-22(25(27)31)23(26)14-18)16-28-24(30)15-20(12-17-8-9-17)19-6-4-3-5-7-19/h3-7,10-11,14,17,20-21H,8-9,12-13,15-16H2,1-2H3,(H2,27,31)(H,28,30)/t20-,21-/m0/s1. The summed E-state index contributed by atoms with van der Waals surface area (Å²) in [5, 5.41) is 3.07. The molecule has 2 amide bonds. The lowest BCUT2D eigenvalue weighted by Crippen LogP contribution is -2.42. The molecule has 1 saturated carbocycles. The van der Waals surface area contributed by atoms with Crippen molar-refractivity contribution in [2.45, 2.75) is 44.1 Å². The highest BCUT2D eigenvalue weighted by Gasteiger charge is 2.28. The van der Waals surface area contributed by atoms with Crippen LogP contribution in [0.25, 0.3) is 0 Å². The van der Waals surface area contributed by atoms with Gasteiger partial charge in [0, 0.05) is 19.0 Å². The van der Waals surface area contributed by atoms with Crippen molar-refractivity contribution < 1.29 is 14.0 Å². The summed E-state index contributed by atoms with van der Waals surface area (Å²) in [5.74, 6) is -0.374. The lowest BCUT2D eigenvalue weighted by molar-refractivity contribution is -0.121. The second-order valence-electron chi connectivity index (χ2n) is 8.79. The fourth-order valence-electron chi connectivity index (χ4n) is 3.94. The number of hydrogen-bond acceptors (Lipinski definition) is 3. The Hall–Kier alpha value is -2.73. The van der Waals surface area contributed by atoms with Crippen LogP contribution in [-0.2, 0) is 11.2 Å². The number of rotatable bonds is 11. The van der Waals surface area contributed by atoms with Crippen molar-refractivity contribution in [3.63, 3.8) is 0 Å². The van der Waals surface area contributed by atoms with Crippen molar-refractivity contribution in [2.75, 3.05) is 20.6 Å². The number of carbonyl (C=O) groups is 2. The molecule has 0 heterocycles. The molecule has 3 N–H and O–H groups in total. The minimum Gasteiger partial charge on any atom is -0.366 e. The van der Waals surface area contributed by atoms with Gasteiger partial charge in [0.15, 0.2) is 0 Å². The Kier molecular flexibility index (Phi) is 7.80. The van der Waals surface area contributed by atoms with E-state index in [4.69, 9.17) is 5.73 Å². The summed E-state index contributed by atoms with van der Waals surface area (Å²) in [4.78, 5) is 26.0. The van der Waals surface area contributed by atoms with Crippen molar-refractivity contribution in [1.82, 2.24) is 10.2 Å². The van der Waals surface area contributed by atoms with Crippen LogP contribution in [0.15, 0.2) is 48.5 Å². The molecule has 0 spiro atoms. The first-order valence-electron chi connectivity index (χ1n) is 10.9. The molecule has 0 aliphatic heterocycles. The van der Waals surface area contributed by atoms with E-state index >= 15 is 0 Å². The van der Waals surface area contributed by atoms with E-state index in [1.807, 2.05) is 37.2 Å². The van der Waals surface area contributed by atoms with E-state index in [9.17, 15) is 14.0 Å². The van der Waals surface area contributed by atoms with Crippen molar-refractivity contribution >= 4 is 11.8 Å². The van der Waals surface area contributed by atoms with Gasteiger partial charge in [-0.15, -0.1) is 0 Å². The number of nitrogens with one attached hydrogen (secondary N) is 1. The molecule has 0 radical (unpaired) electrons. The predicted octanol–water partition coefficient (Wildman–Crippen LogP) is 3.49. The highest BCUT2D eigenvalue weighted by Crippen LogP contribution is 2.39. The highest BCUT2D eigenvalue weighted by molar-refractivity contribution is 5.93. The van der Waals surface area contributed by atoms with Gasteiger partial charge in [0.1, 0.15) is 5.82 Å². The number of hydrogen-bond donors (Lipinski definition) is 2. The SMILES string of the molecule is CN(C)[C@H](CNC(=O)C[C@H](CC1CC1)c1ccccc1)Cc1ccc(C(N)=O)c(F)c1. The number of nitrogens with zero attached hydrogens (tertiary/aromatic N) is 1. The van der Waals surface area contributed by atoms with Crippen LogP contribution < -0.4 is 11.1 Å². The van der Waals surface area contributed by atoms with Gasteiger partial charge in [0.25, 0.3) is 5.91 Å². The van der Waals surface area contributed by atoms with Gasteiger partial charge >= 0.3 is 0 Å². The van der Waals surface area contributed by atoms with E-state index in [2.05, 4.69) is 17.4 Å².